The van der Waals surface area contributed by atoms with Crippen molar-refractivity contribution in [1.29, 1.82) is 0 Å². The highest BCUT2D eigenvalue weighted by atomic mass is 16.3. The minimum absolute atomic E-state index is 0.0163. The van der Waals surface area contributed by atoms with Crippen LogP contribution in [-0.4, -0.2) is 5.54 Å². The van der Waals surface area contributed by atoms with Crippen LogP contribution in [0.5, 0.6) is 0 Å². The molecule has 9 aromatic rings. The molecule has 1 aliphatic heterocycles. The Hall–Kier alpha value is -6.58. The lowest BCUT2D eigenvalue weighted by molar-refractivity contribution is 0.401. The van der Waals surface area contributed by atoms with E-state index in [-0.39, 0.29) is 5.92 Å². The van der Waals surface area contributed by atoms with E-state index in [1.54, 1.807) is 0 Å². The fraction of sp³-hybridized carbons (Fsp3) is 0.148. The Balaban J connectivity index is 1.18. The van der Waals surface area contributed by atoms with Gasteiger partial charge in [0.15, 0.2) is 0 Å². The summed E-state index contributed by atoms with van der Waals surface area (Å²) >= 11 is 0. The third kappa shape index (κ3) is 4.11. The van der Waals surface area contributed by atoms with Gasteiger partial charge in [-0.2, -0.15) is 0 Å². The standard InChI is InChI=1S/C54H41NO2/c1-33-47-51-53(3,32-31-52(47,2)37-28-25-35(26-29-37)34-15-6-5-7-16-34)55(43-22-14-24-45-46(43)40-30-27-36-17-8-9-18-38(36)50(40)57-45)42-21-12-11-20-41(42)54(51,4)48-39-19-10-13-23-44(39)56-49(33)48/h5-33H,1-4H3. The molecule has 0 radical (unpaired) electrons. The summed E-state index contributed by atoms with van der Waals surface area (Å²) in [6.07, 6.45) is 5.01. The van der Waals surface area contributed by atoms with Crippen LogP contribution < -0.4 is 4.90 Å². The Bertz CT molecular complexity index is 3200. The molecule has 3 nitrogen and oxygen atoms in total. The van der Waals surface area contributed by atoms with E-state index in [1.807, 2.05) is 0 Å². The molecule has 0 N–H and O–H groups in total. The molecule has 4 unspecified atom stereocenters. The Kier molecular flexibility index (Phi) is 6.45. The fourth-order valence-electron chi connectivity index (χ4n) is 11.4. The number of nitrogens with zero attached hydrogens (tertiary/aromatic N) is 1. The highest BCUT2D eigenvalue weighted by Crippen LogP contribution is 2.67. The molecule has 2 aliphatic carbocycles. The highest BCUT2D eigenvalue weighted by Gasteiger charge is 2.61. The maximum Gasteiger partial charge on any atom is 0.143 e. The average Bonchev–Trinajstić information content (AvgIpc) is 3.85. The molecule has 0 bridgehead atoms. The molecule has 3 aliphatic rings. The van der Waals surface area contributed by atoms with Crippen molar-refractivity contribution in [3.8, 4) is 11.1 Å². The maximum atomic E-state index is 7.02. The second-order valence-electron chi connectivity index (χ2n) is 16.9. The molecule has 0 fully saturated rings. The Labute approximate surface area is 332 Å². The largest absolute Gasteiger partial charge is 0.460 e. The van der Waals surface area contributed by atoms with Gasteiger partial charge in [-0.05, 0) is 89.9 Å². The molecule has 274 valence electrons. The van der Waals surface area contributed by atoms with Crippen LogP contribution >= 0.6 is 0 Å². The van der Waals surface area contributed by atoms with Crippen molar-refractivity contribution in [3.63, 3.8) is 0 Å². The number of benzene rings is 7. The Morgan fingerprint density at radius 3 is 2.07 bits per heavy atom. The van der Waals surface area contributed by atoms with Gasteiger partial charge in [0, 0.05) is 44.2 Å². The lowest BCUT2D eigenvalue weighted by Gasteiger charge is -2.60. The molecule has 3 heteroatoms. The summed E-state index contributed by atoms with van der Waals surface area (Å²) in [7, 11) is 0. The van der Waals surface area contributed by atoms with Crippen LogP contribution in [0.25, 0.3) is 54.8 Å². The van der Waals surface area contributed by atoms with Crippen LogP contribution in [-0.2, 0) is 10.8 Å². The number of fused-ring (bicyclic) bond motifs is 11. The van der Waals surface area contributed by atoms with Crippen molar-refractivity contribution in [1.82, 2.24) is 0 Å². The number of furan rings is 2. The van der Waals surface area contributed by atoms with Gasteiger partial charge in [-0.15, -0.1) is 0 Å². The van der Waals surface area contributed by atoms with Gasteiger partial charge in [0.1, 0.15) is 22.5 Å². The first-order valence-corrected chi connectivity index (χ1v) is 20.2. The molecule has 0 saturated heterocycles. The van der Waals surface area contributed by atoms with Gasteiger partial charge in [-0.25, -0.2) is 0 Å². The zero-order valence-electron chi connectivity index (χ0n) is 32.5. The van der Waals surface area contributed by atoms with Crippen molar-refractivity contribution in [3.05, 3.63) is 203 Å². The summed E-state index contributed by atoms with van der Waals surface area (Å²) in [5.74, 6) is 1.09. The van der Waals surface area contributed by atoms with Gasteiger partial charge < -0.3 is 13.7 Å². The molecule has 0 saturated carbocycles. The fourth-order valence-corrected chi connectivity index (χ4v) is 11.4. The van der Waals surface area contributed by atoms with Crippen molar-refractivity contribution < 1.29 is 8.83 Å². The number of hydrogen-bond donors (Lipinski definition) is 0. The molecule has 0 spiro atoms. The van der Waals surface area contributed by atoms with Crippen molar-refractivity contribution in [2.24, 2.45) is 0 Å². The molecular formula is C54H41NO2. The van der Waals surface area contributed by atoms with Gasteiger partial charge >= 0.3 is 0 Å². The zero-order chi connectivity index (χ0) is 38.3. The van der Waals surface area contributed by atoms with Crippen LogP contribution in [0.4, 0.5) is 11.4 Å². The van der Waals surface area contributed by atoms with E-state index in [1.165, 1.54) is 55.4 Å². The first-order valence-electron chi connectivity index (χ1n) is 20.2. The van der Waals surface area contributed by atoms with Crippen molar-refractivity contribution in [2.75, 3.05) is 4.90 Å². The van der Waals surface area contributed by atoms with E-state index in [9.17, 15) is 0 Å². The normalized spacial score (nSPS) is 23.6. The summed E-state index contributed by atoms with van der Waals surface area (Å²) in [5.41, 5.74) is 12.8. The Morgan fingerprint density at radius 1 is 0.544 bits per heavy atom. The topological polar surface area (TPSA) is 29.5 Å². The highest BCUT2D eigenvalue weighted by molar-refractivity contribution is 6.19. The number of anilines is 2. The lowest BCUT2D eigenvalue weighted by atomic mass is 9.49. The molecule has 57 heavy (non-hydrogen) atoms. The minimum atomic E-state index is -0.555. The second-order valence-corrected chi connectivity index (χ2v) is 16.9. The minimum Gasteiger partial charge on any atom is -0.460 e. The predicted octanol–water partition coefficient (Wildman–Crippen LogP) is 14.3. The van der Waals surface area contributed by atoms with E-state index in [4.69, 9.17) is 8.83 Å². The van der Waals surface area contributed by atoms with E-state index in [0.717, 1.165) is 44.4 Å². The molecule has 3 heterocycles. The lowest BCUT2D eigenvalue weighted by Crippen LogP contribution is -2.59. The van der Waals surface area contributed by atoms with E-state index in [0.29, 0.717) is 0 Å². The molecule has 12 rings (SSSR count). The predicted molar refractivity (Wildman–Crippen MR) is 235 cm³/mol. The average molecular weight is 736 g/mol. The third-order valence-corrected chi connectivity index (χ3v) is 13.9. The summed E-state index contributed by atoms with van der Waals surface area (Å²) in [6.45, 7) is 9.72. The van der Waals surface area contributed by atoms with Crippen LogP contribution in [0, 0.1) is 0 Å². The van der Waals surface area contributed by atoms with Crippen molar-refractivity contribution in [2.45, 2.75) is 50.0 Å². The smallest absolute Gasteiger partial charge is 0.143 e. The summed E-state index contributed by atoms with van der Waals surface area (Å²) in [5, 5.41) is 5.77. The molecular weight excluding hydrogens is 695 g/mol. The van der Waals surface area contributed by atoms with E-state index in [2.05, 4.69) is 202 Å². The number of rotatable bonds is 3. The van der Waals surface area contributed by atoms with Crippen LogP contribution in [0.1, 0.15) is 56.1 Å². The van der Waals surface area contributed by atoms with Gasteiger partial charge in [-0.3, -0.25) is 0 Å². The van der Waals surface area contributed by atoms with Crippen LogP contribution in [0.2, 0.25) is 0 Å². The SMILES string of the molecule is CC1C2=C3C(C)(c4ccccc4N(c4cccc5oc6c7ccccc7ccc6c45)C3(C)C=CC2(C)c2ccc(-c3ccccc3)cc2)c2c1oc1ccccc21. The van der Waals surface area contributed by atoms with Gasteiger partial charge in [0.25, 0.3) is 0 Å². The van der Waals surface area contributed by atoms with E-state index >= 15 is 0 Å². The maximum absolute atomic E-state index is 7.02. The number of hydrogen-bond acceptors (Lipinski definition) is 3. The van der Waals surface area contributed by atoms with Crippen molar-refractivity contribution >= 4 is 55.1 Å². The number of allylic oxidation sites excluding steroid dienone is 2. The summed E-state index contributed by atoms with van der Waals surface area (Å²) < 4.78 is 13.8. The molecule has 0 amide bonds. The second kappa shape index (κ2) is 11.3. The first kappa shape index (κ1) is 32.6. The van der Waals surface area contributed by atoms with E-state index < -0.39 is 16.4 Å². The van der Waals surface area contributed by atoms with Gasteiger partial charge in [-0.1, -0.05) is 146 Å². The van der Waals surface area contributed by atoms with Gasteiger partial charge in [0.2, 0.25) is 0 Å². The quantitative estimate of drug-likeness (QED) is 0.169. The number of para-hydroxylation sites is 2. The monoisotopic (exact) mass is 735 g/mol. The first-order chi connectivity index (χ1) is 27.8. The van der Waals surface area contributed by atoms with Crippen LogP contribution in [0.15, 0.2) is 190 Å². The molecule has 7 aromatic carbocycles. The zero-order valence-corrected chi connectivity index (χ0v) is 32.5. The molecule has 4 atom stereocenters. The summed E-state index contributed by atoms with van der Waals surface area (Å²) in [4.78, 5) is 2.63. The van der Waals surface area contributed by atoms with Gasteiger partial charge in [0.05, 0.1) is 16.6 Å². The summed E-state index contributed by atoms with van der Waals surface area (Å²) in [6, 6.07) is 57.3. The van der Waals surface area contributed by atoms with Crippen LogP contribution in [0.3, 0.4) is 0 Å². The Morgan fingerprint density at radius 2 is 1.23 bits per heavy atom. The molecule has 2 aromatic heterocycles. The third-order valence-electron chi connectivity index (χ3n) is 13.9.